The van der Waals surface area contributed by atoms with E-state index in [2.05, 4.69) is 0 Å². The quantitative estimate of drug-likeness (QED) is 0.784. The van der Waals surface area contributed by atoms with Crippen LogP contribution in [0.5, 0.6) is 0 Å². The van der Waals surface area contributed by atoms with Crippen molar-refractivity contribution in [2.24, 2.45) is 0 Å². The van der Waals surface area contributed by atoms with Crippen LogP contribution in [0.4, 0.5) is 0 Å². The molecule has 2 rings (SSSR count). The second-order valence-electron chi connectivity index (χ2n) is 4.91. The van der Waals surface area contributed by atoms with Gasteiger partial charge in [0.25, 0.3) is 0 Å². The van der Waals surface area contributed by atoms with E-state index < -0.39 is 12.1 Å². The Kier molecular flexibility index (Phi) is 4.19. The number of carboxylic acid groups (broad SMARTS) is 1. The summed E-state index contributed by atoms with van der Waals surface area (Å²) in [5, 5.41) is 8.95. The molecule has 0 radical (unpaired) electrons. The molecule has 1 amide bonds. The second-order valence-corrected chi connectivity index (χ2v) is 4.91. The minimum Gasteiger partial charge on any atom is -0.479 e. The first-order valence-corrected chi connectivity index (χ1v) is 6.34. The zero-order chi connectivity index (χ0) is 13.1. The summed E-state index contributed by atoms with van der Waals surface area (Å²) in [6.07, 6.45) is 1.09. The van der Waals surface area contributed by atoms with Gasteiger partial charge in [0.1, 0.15) is 0 Å². The lowest BCUT2D eigenvalue weighted by Gasteiger charge is -2.35. The summed E-state index contributed by atoms with van der Waals surface area (Å²) in [6, 6.07) is 0. The topological polar surface area (TPSA) is 76.1 Å². The zero-order valence-corrected chi connectivity index (χ0v) is 10.5. The predicted molar refractivity (Wildman–Crippen MR) is 62.1 cm³/mol. The molecule has 102 valence electrons. The van der Waals surface area contributed by atoms with E-state index >= 15 is 0 Å². The monoisotopic (exact) mass is 257 g/mol. The van der Waals surface area contributed by atoms with E-state index in [0.29, 0.717) is 13.0 Å². The van der Waals surface area contributed by atoms with Gasteiger partial charge in [-0.3, -0.25) is 4.79 Å². The van der Waals surface area contributed by atoms with Gasteiger partial charge in [-0.15, -0.1) is 0 Å². The SMILES string of the molecule is C[C@@H]1CN(C(=O)CC2CCCO2)CC(C(=O)O)O1. The van der Waals surface area contributed by atoms with Crippen LogP contribution >= 0.6 is 0 Å². The number of hydrogen-bond donors (Lipinski definition) is 1. The Hall–Kier alpha value is -1.14. The molecule has 18 heavy (non-hydrogen) atoms. The van der Waals surface area contributed by atoms with Gasteiger partial charge in [-0.05, 0) is 19.8 Å². The standard InChI is InChI=1S/C12H19NO5/c1-8-6-13(7-10(18-8)12(15)16)11(14)5-9-3-2-4-17-9/h8-10H,2-7H2,1H3,(H,15,16)/t8-,9?,10?/m1/s1. The van der Waals surface area contributed by atoms with E-state index in [4.69, 9.17) is 14.6 Å². The van der Waals surface area contributed by atoms with Crippen molar-refractivity contribution < 1.29 is 24.2 Å². The van der Waals surface area contributed by atoms with E-state index in [0.717, 1.165) is 19.4 Å². The van der Waals surface area contributed by atoms with Gasteiger partial charge in [0.2, 0.25) is 5.91 Å². The van der Waals surface area contributed by atoms with Crippen LogP contribution in [0, 0.1) is 0 Å². The van der Waals surface area contributed by atoms with Crippen molar-refractivity contribution >= 4 is 11.9 Å². The molecule has 3 atom stereocenters. The van der Waals surface area contributed by atoms with Crippen LogP contribution in [0.15, 0.2) is 0 Å². The van der Waals surface area contributed by atoms with Crippen LogP contribution in [0.1, 0.15) is 26.2 Å². The molecular weight excluding hydrogens is 238 g/mol. The number of hydrogen-bond acceptors (Lipinski definition) is 4. The third kappa shape index (κ3) is 3.20. The number of ether oxygens (including phenoxy) is 2. The molecule has 2 aliphatic rings. The van der Waals surface area contributed by atoms with Crippen LogP contribution in [0.25, 0.3) is 0 Å². The minimum absolute atomic E-state index is 0.000992. The van der Waals surface area contributed by atoms with E-state index in [9.17, 15) is 9.59 Å². The third-order valence-electron chi connectivity index (χ3n) is 3.31. The van der Waals surface area contributed by atoms with Crippen molar-refractivity contribution in [1.82, 2.24) is 4.90 Å². The van der Waals surface area contributed by atoms with E-state index in [1.807, 2.05) is 0 Å². The molecule has 2 fully saturated rings. The molecule has 0 saturated carbocycles. The smallest absolute Gasteiger partial charge is 0.334 e. The Bertz CT molecular complexity index is 326. The maximum atomic E-state index is 12.1. The summed E-state index contributed by atoms with van der Waals surface area (Å²) >= 11 is 0. The Balaban J connectivity index is 1.89. The first kappa shape index (κ1) is 13.3. The fourth-order valence-electron chi connectivity index (χ4n) is 2.42. The van der Waals surface area contributed by atoms with Gasteiger partial charge < -0.3 is 19.5 Å². The number of carbonyl (C=O) groups excluding carboxylic acids is 1. The summed E-state index contributed by atoms with van der Waals surface area (Å²) in [6.45, 7) is 3.08. The van der Waals surface area contributed by atoms with Gasteiger partial charge >= 0.3 is 5.97 Å². The fourth-order valence-corrected chi connectivity index (χ4v) is 2.42. The van der Waals surface area contributed by atoms with Crippen molar-refractivity contribution in [3.63, 3.8) is 0 Å². The molecule has 0 aliphatic carbocycles. The van der Waals surface area contributed by atoms with Gasteiger partial charge in [-0.2, -0.15) is 0 Å². The van der Waals surface area contributed by atoms with Crippen molar-refractivity contribution in [3.05, 3.63) is 0 Å². The number of rotatable bonds is 3. The Labute approximate surface area is 106 Å². The molecule has 2 unspecified atom stereocenters. The van der Waals surface area contributed by atoms with Crippen molar-refractivity contribution in [1.29, 1.82) is 0 Å². The van der Waals surface area contributed by atoms with E-state index in [-0.39, 0.29) is 24.7 Å². The lowest BCUT2D eigenvalue weighted by atomic mass is 10.1. The van der Waals surface area contributed by atoms with Crippen molar-refractivity contribution in [2.45, 2.75) is 44.5 Å². The highest BCUT2D eigenvalue weighted by atomic mass is 16.5. The Morgan fingerprint density at radius 2 is 2.17 bits per heavy atom. The van der Waals surface area contributed by atoms with Crippen LogP contribution in [-0.2, 0) is 19.1 Å². The normalized spacial score (nSPS) is 32.5. The molecular formula is C12H19NO5. The van der Waals surface area contributed by atoms with Crippen molar-refractivity contribution in [3.8, 4) is 0 Å². The summed E-state index contributed by atoms with van der Waals surface area (Å²) in [5.74, 6) is -1.06. The average molecular weight is 257 g/mol. The Morgan fingerprint density at radius 3 is 2.78 bits per heavy atom. The molecule has 6 nitrogen and oxygen atoms in total. The number of morpholine rings is 1. The molecule has 0 aromatic rings. The molecule has 2 aliphatic heterocycles. The van der Waals surface area contributed by atoms with Gasteiger partial charge in [0.15, 0.2) is 6.10 Å². The number of amides is 1. The zero-order valence-electron chi connectivity index (χ0n) is 10.5. The van der Waals surface area contributed by atoms with Gasteiger partial charge in [-0.1, -0.05) is 0 Å². The first-order valence-electron chi connectivity index (χ1n) is 6.34. The maximum Gasteiger partial charge on any atom is 0.334 e. The summed E-state index contributed by atoms with van der Waals surface area (Å²) in [4.78, 5) is 24.6. The molecule has 2 heterocycles. The molecule has 0 aromatic carbocycles. The highest BCUT2D eigenvalue weighted by Gasteiger charge is 2.33. The van der Waals surface area contributed by atoms with Gasteiger partial charge in [-0.25, -0.2) is 4.79 Å². The van der Waals surface area contributed by atoms with Gasteiger partial charge in [0, 0.05) is 13.2 Å². The molecule has 0 spiro atoms. The largest absolute Gasteiger partial charge is 0.479 e. The number of aliphatic carboxylic acids is 1. The van der Waals surface area contributed by atoms with Crippen LogP contribution < -0.4 is 0 Å². The summed E-state index contributed by atoms with van der Waals surface area (Å²) < 4.78 is 10.7. The average Bonchev–Trinajstić information content (AvgIpc) is 2.80. The fraction of sp³-hybridized carbons (Fsp3) is 0.833. The molecule has 2 saturated heterocycles. The number of nitrogens with zero attached hydrogens (tertiary/aromatic N) is 1. The van der Waals surface area contributed by atoms with E-state index in [1.165, 1.54) is 0 Å². The second kappa shape index (κ2) is 5.67. The lowest BCUT2D eigenvalue weighted by molar-refractivity contribution is -0.167. The molecule has 1 N–H and O–H groups in total. The highest BCUT2D eigenvalue weighted by Crippen LogP contribution is 2.18. The van der Waals surface area contributed by atoms with Crippen LogP contribution in [0.2, 0.25) is 0 Å². The third-order valence-corrected chi connectivity index (χ3v) is 3.31. The minimum atomic E-state index is -1.02. The molecule has 6 heteroatoms. The van der Waals surface area contributed by atoms with E-state index in [1.54, 1.807) is 11.8 Å². The number of carbonyl (C=O) groups is 2. The van der Waals surface area contributed by atoms with Crippen LogP contribution in [-0.4, -0.2) is 59.9 Å². The highest BCUT2D eigenvalue weighted by molar-refractivity contribution is 5.79. The first-order chi connectivity index (χ1) is 8.56. The van der Waals surface area contributed by atoms with Crippen molar-refractivity contribution in [2.75, 3.05) is 19.7 Å². The van der Waals surface area contributed by atoms with Gasteiger partial charge in [0.05, 0.1) is 25.2 Å². The number of carboxylic acids is 1. The summed E-state index contributed by atoms with van der Waals surface area (Å²) in [5.41, 5.74) is 0. The summed E-state index contributed by atoms with van der Waals surface area (Å²) in [7, 11) is 0. The Morgan fingerprint density at radius 1 is 1.39 bits per heavy atom. The predicted octanol–water partition coefficient (Wildman–Crippen LogP) is 0.256. The molecule has 0 bridgehead atoms. The maximum absolute atomic E-state index is 12.1. The molecule has 0 aromatic heterocycles. The van der Waals surface area contributed by atoms with Crippen LogP contribution in [0.3, 0.4) is 0 Å². The lowest BCUT2D eigenvalue weighted by Crippen LogP contribution is -2.52.